The molecule has 0 fully saturated rings. The minimum Gasteiger partial charge on any atom is -0.422 e. The van der Waals surface area contributed by atoms with Crippen molar-refractivity contribution in [3.63, 3.8) is 0 Å². The summed E-state index contributed by atoms with van der Waals surface area (Å²) < 4.78 is 56.2. The molecule has 0 aliphatic carbocycles. The summed E-state index contributed by atoms with van der Waals surface area (Å²) in [7, 11) is -4.63. The Kier molecular flexibility index (Phi) is 22.2. The summed E-state index contributed by atoms with van der Waals surface area (Å²) in [6, 6.07) is 9.53. The maximum atomic E-state index is 14.5. The van der Waals surface area contributed by atoms with Crippen LogP contribution in [0.3, 0.4) is 0 Å². The Labute approximate surface area is 325 Å². The van der Waals surface area contributed by atoms with E-state index in [0.29, 0.717) is 24.4 Å². The zero-order valence-electron chi connectivity index (χ0n) is 32.2. The van der Waals surface area contributed by atoms with Crippen LogP contribution in [0.5, 0.6) is 0 Å². The van der Waals surface area contributed by atoms with Gasteiger partial charge in [0.1, 0.15) is 29.9 Å². The number of benzene rings is 1. The quantitative estimate of drug-likeness (QED) is 0.0273. The monoisotopic (exact) mass is 784 g/mol. The predicted molar refractivity (Wildman–Crippen MR) is 208 cm³/mol. The van der Waals surface area contributed by atoms with Gasteiger partial charge in [-0.2, -0.15) is 15.6 Å². The van der Waals surface area contributed by atoms with Gasteiger partial charge >= 0.3 is 7.82 Å². The van der Waals surface area contributed by atoms with Crippen LogP contribution in [-0.4, -0.2) is 58.1 Å². The lowest BCUT2D eigenvalue weighted by Crippen LogP contribution is -2.26. The van der Waals surface area contributed by atoms with Crippen LogP contribution in [0.25, 0.3) is 5.52 Å². The van der Waals surface area contributed by atoms with Gasteiger partial charge in [-0.3, -0.25) is 9.05 Å². The number of phosphoric ester groups is 1. The molecule has 3 aromatic rings. The lowest BCUT2D eigenvalue weighted by atomic mass is 10.1. The van der Waals surface area contributed by atoms with Crippen molar-refractivity contribution < 1.29 is 37.1 Å². The van der Waals surface area contributed by atoms with E-state index >= 15 is 0 Å². The van der Waals surface area contributed by atoms with Crippen LogP contribution in [0.4, 0.5) is 10.2 Å². The number of unbranched alkanes of at least 4 members (excludes halogenated alkanes) is 12. The minimum atomic E-state index is -4.63. The van der Waals surface area contributed by atoms with Crippen LogP contribution in [0.15, 0.2) is 48.8 Å². The molecule has 3 rings (SSSR count). The Morgan fingerprint density at radius 1 is 0.927 bits per heavy atom. The van der Waals surface area contributed by atoms with Crippen LogP contribution in [0.2, 0.25) is 0 Å². The highest BCUT2D eigenvalue weighted by Crippen LogP contribution is 2.43. The van der Waals surface area contributed by atoms with Crippen LogP contribution < -0.4 is 5.73 Å². The molecule has 1 unspecified atom stereocenters. The molecule has 0 spiro atoms. The average Bonchev–Trinajstić information content (AvgIpc) is 3.60. The fourth-order valence-electron chi connectivity index (χ4n) is 5.90. The predicted octanol–water partition coefficient (Wildman–Crippen LogP) is 8.89. The van der Waals surface area contributed by atoms with Gasteiger partial charge in [0.05, 0.1) is 38.1 Å². The molecule has 0 bridgehead atoms. The van der Waals surface area contributed by atoms with E-state index in [-0.39, 0.29) is 37.4 Å². The van der Waals surface area contributed by atoms with E-state index in [0.717, 1.165) is 37.4 Å². The Balaban J connectivity index is 1.38. The van der Waals surface area contributed by atoms with Crippen molar-refractivity contribution in [3.05, 3.63) is 71.4 Å². The Morgan fingerprint density at radius 2 is 1.60 bits per heavy atom. The van der Waals surface area contributed by atoms with Gasteiger partial charge < -0.3 is 24.8 Å². The van der Waals surface area contributed by atoms with Gasteiger partial charge in [-0.1, -0.05) is 82.9 Å². The molecule has 0 saturated heterocycles. The van der Waals surface area contributed by atoms with Gasteiger partial charge in [-0.05, 0) is 69.2 Å². The summed E-state index contributed by atoms with van der Waals surface area (Å²) >= 11 is 0. The summed E-state index contributed by atoms with van der Waals surface area (Å²) in [5.74, 6) is -0.284. The van der Waals surface area contributed by atoms with Crippen molar-refractivity contribution in [1.29, 1.82) is 10.5 Å². The molecule has 0 radical (unpaired) electrons. The number of nitriles is 2. The molecule has 3 N–H and O–H groups in total. The molecular weight excluding hydrogens is 726 g/mol. The fraction of sp³-hybridized carbons (Fsp3) is 0.600. The van der Waals surface area contributed by atoms with Gasteiger partial charge in [0.2, 0.25) is 0 Å². The van der Waals surface area contributed by atoms with Crippen molar-refractivity contribution in [2.24, 2.45) is 0 Å². The smallest absolute Gasteiger partial charge is 0.422 e. The van der Waals surface area contributed by atoms with Gasteiger partial charge in [-0.25, -0.2) is 18.5 Å². The van der Waals surface area contributed by atoms with Crippen LogP contribution >= 0.6 is 7.82 Å². The van der Waals surface area contributed by atoms with Gasteiger partial charge in [-0.15, -0.1) is 0 Å². The molecule has 55 heavy (non-hydrogen) atoms. The number of nitrogen functional groups attached to an aromatic ring is 1. The van der Waals surface area contributed by atoms with Crippen molar-refractivity contribution in [2.75, 3.05) is 32.2 Å². The topological polar surface area (TPSA) is 187 Å². The second kappa shape index (κ2) is 26.8. The summed E-state index contributed by atoms with van der Waals surface area (Å²) in [5.41, 5.74) is 7.69. The number of anilines is 1. The third kappa shape index (κ3) is 18.5. The maximum Gasteiger partial charge on any atom is 0.472 e. The standard InChI is InChI=1S/C40H58FN6O7P/c1-2-3-4-5-6-7-8-9-10-11-12-13-14-15-16-17-24-50-28-37(51-27-34-19-18-33(26-42)25-38(34)41)30-54-55(48,49)53-29-36(52-31-43)22-20-35-21-23-39-40(44)45-32-46-47(35)39/h9-10,18-19,21,23,25,32,36-37H,2-8,11-17,20,22,24,27-30H2,1H3,(H,48,49)(H2,44,45,46)/b10-9-/t36-,37+/m0/s1. The van der Waals surface area contributed by atoms with Crippen LogP contribution in [0.1, 0.15) is 120 Å². The third-order valence-electron chi connectivity index (χ3n) is 9.11. The first kappa shape index (κ1) is 45.5. The number of aromatic nitrogens is 3. The van der Waals surface area contributed by atoms with Gasteiger partial charge in [0, 0.05) is 17.9 Å². The van der Waals surface area contributed by atoms with Crippen molar-refractivity contribution in [3.8, 4) is 12.3 Å². The van der Waals surface area contributed by atoms with E-state index < -0.39 is 32.5 Å². The number of allylic oxidation sites excluding steroid dienone is 2. The van der Waals surface area contributed by atoms with E-state index in [1.807, 2.05) is 12.1 Å². The lowest BCUT2D eigenvalue weighted by Gasteiger charge is -2.21. The Bertz CT molecular complexity index is 1690. The number of nitrogens with zero attached hydrogens (tertiary/aromatic N) is 5. The molecule has 1 aromatic carbocycles. The number of rotatable bonds is 31. The lowest BCUT2D eigenvalue weighted by molar-refractivity contribution is -0.0524. The molecule has 302 valence electrons. The highest BCUT2D eigenvalue weighted by atomic mass is 31.2. The molecule has 0 saturated carbocycles. The zero-order chi connectivity index (χ0) is 39.6. The van der Waals surface area contributed by atoms with Crippen molar-refractivity contribution in [1.82, 2.24) is 14.6 Å². The third-order valence-corrected chi connectivity index (χ3v) is 10.1. The first-order chi connectivity index (χ1) is 26.8. The number of hydrogen-bond acceptors (Lipinski definition) is 11. The molecule has 0 aliphatic rings. The fourth-order valence-corrected chi connectivity index (χ4v) is 6.68. The number of halogens is 1. The van der Waals surface area contributed by atoms with E-state index in [2.05, 4.69) is 29.2 Å². The summed E-state index contributed by atoms with van der Waals surface area (Å²) in [6.45, 7) is 1.76. The molecular formula is C40H58FN6O7P. The molecule has 3 atom stereocenters. The van der Waals surface area contributed by atoms with E-state index in [4.69, 9.17) is 39.5 Å². The highest BCUT2D eigenvalue weighted by Gasteiger charge is 2.27. The second-order valence-electron chi connectivity index (χ2n) is 13.6. The van der Waals surface area contributed by atoms with Gasteiger partial charge in [0.15, 0.2) is 5.82 Å². The molecule has 15 heteroatoms. The Morgan fingerprint density at radius 3 is 2.27 bits per heavy atom. The second-order valence-corrected chi connectivity index (χ2v) is 15.0. The SMILES string of the molecule is CCCCCCCC/C=C\CCCCCCCCOC[C@H](COP(=O)(O)OC[C@H](CCc1ccc2c(N)ncnn12)OC#N)OCc1ccc(C#N)cc1F. The first-order valence-electron chi connectivity index (χ1n) is 19.5. The summed E-state index contributed by atoms with van der Waals surface area (Å²) in [6.07, 6.45) is 23.4. The zero-order valence-corrected chi connectivity index (χ0v) is 33.1. The van der Waals surface area contributed by atoms with Gasteiger partial charge in [0.25, 0.3) is 6.26 Å². The maximum absolute atomic E-state index is 14.5. The largest absolute Gasteiger partial charge is 0.472 e. The van der Waals surface area contributed by atoms with Crippen molar-refractivity contribution in [2.45, 2.75) is 128 Å². The molecule has 2 heterocycles. The van der Waals surface area contributed by atoms with E-state index in [1.54, 1.807) is 16.8 Å². The van der Waals surface area contributed by atoms with E-state index in [9.17, 15) is 13.8 Å². The molecule has 13 nitrogen and oxygen atoms in total. The minimum absolute atomic E-state index is 0.0302. The number of ether oxygens (including phenoxy) is 3. The average molecular weight is 785 g/mol. The summed E-state index contributed by atoms with van der Waals surface area (Å²) in [4.78, 5) is 14.4. The van der Waals surface area contributed by atoms with Crippen molar-refractivity contribution >= 4 is 19.2 Å². The highest BCUT2D eigenvalue weighted by molar-refractivity contribution is 7.47. The van der Waals surface area contributed by atoms with Crippen LogP contribution in [0, 0.1) is 28.7 Å². The number of fused-ring (bicyclic) bond motifs is 1. The van der Waals surface area contributed by atoms with E-state index in [1.165, 1.54) is 82.7 Å². The normalized spacial score (nSPS) is 13.8. The van der Waals surface area contributed by atoms with Crippen LogP contribution in [-0.2, 0) is 40.9 Å². The number of phosphoric acid groups is 1. The first-order valence-corrected chi connectivity index (χ1v) is 21.0. The molecule has 2 aromatic heterocycles. The molecule has 0 aliphatic heterocycles. The number of aryl methyl sites for hydroxylation is 1. The number of hydrogen-bond donors (Lipinski definition) is 2. The molecule has 0 amide bonds. The Hall–Kier alpha value is -3.88. The number of nitrogens with two attached hydrogens (primary N) is 1. The summed E-state index contributed by atoms with van der Waals surface area (Å²) in [5, 5.41) is 22.4.